The van der Waals surface area contributed by atoms with E-state index in [1.165, 1.54) is 0 Å². The number of anilines is 1. The van der Waals surface area contributed by atoms with Gasteiger partial charge in [-0.25, -0.2) is 0 Å². The third-order valence-corrected chi connectivity index (χ3v) is 5.45. The Morgan fingerprint density at radius 1 is 1.53 bits per heavy atom. The van der Waals surface area contributed by atoms with Gasteiger partial charge >= 0.3 is 0 Å². The van der Waals surface area contributed by atoms with E-state index >= 15 is 0 Å². The first-order valence-corrected chi connectivity index (χ1v) is 8.10. The molecule has 104 valence electrons. The van der Waals surface area contributed by atoms with E-state index in [0.29, 0.717) is 0 Å². The Balaban J connectivity index is 2.36. The summed E-state index contributed by atoms with van der Waals surface area (Å²) in [6.45, 7) is 4.15. The molecule has 1 aliphatic rings. The second kappa shape index (κ2) is 5.75. The molecule has 1 aromatic carbocycles. The molecule has 0 aliphatic carbocycles. The molecule has 3 nitrogen and oxygen atoms in total. The summed E-state index contributed by atoms with van der Waals surface area (Å²) in [5.74, 6) is 1.70. The lowest BCUT2D eigenvalue weighted by molar-refractivity contribution is -0.124. The topological polar surface area (TPSA) is 38.3 Å². The molecule has 0 saturated carbocycles. The van der Waals surface area contributed by atoms with Crippen LogP contribution >= 0.6 is 27.7 Å². The van der Waals surface area contributed by atoms with E-state index in [1.807, 2.05) is 19.1 Å². The standard InChI is InChI=1S/C14H18BrNO2S/c1-4-5-14(2)8-19-12-7-11(18-3)9(15)6-10(12)16-13(14)17/h6-7H,4-5,8H2,1-3H3,(H,16,17). The maximum Gasteiger partial charge on any atom is 0.231 e. The van der Waals surface area contributed by atoms with Gasteiger partial charge in [0.1, 0.15) is 5.75 Å². The molecular formula is C14H18BrNO2S. The number of halogens is 1. The first-order valence-electron chi connectivity index (χ1n) is 6.32. The number of hydrogen-bond acceptors (Lipinski definition) is 3. The molecule has 5 heteroatoms. The molecule has 0 saturated heterocycles. The Hall–Kier alpha value is -0.680. The van der Waals surface area contributed by atoms with Crippen molar-refractivity contribution in [2.75, 3.05) is 18.2 Å². The van der Waals surface area contributed by atoms with E-state index in [2.05, 4.69) is 28.2 Å². The van der Waals surface area contributed by atoms with Crippen LogP contribution in [0.25, 0.3) is 0 Å². The fraction of sp³-hybridized carbons (Fsp3) is 0.500. The van der Waals surface area contributed by atoms with Gasteiger partial charge in [0.15, 0.2) is 0 Å². The fourth-order valence-corrected chi connectivity index (χ4v) is 3.93. The van der Waals surface area contributed by atoms with E-state index in [0.717, 1.165) is 39.4 Å². The molecule has 1 atom stereocenters. The SMILES string of the molecule is CCCC1(C)CSc2cc(OC)c(Br)cc2NC1=O. The second-order valence-corrected chi connectivity index (χ2v) is 6.91. The van der Waals surface area contributed by atoms with Crippen LogP contribution in [-0.4, -0.2) is 18.8 Å². The number of thioether (sulfide) groups is 1. The number of carbonyl (C=O) groups excluding carboxylic acids is 1. The van der Waals surface area contributed by atoms with Crippen LogP contribution in [0.5, 0.6) is 5.75 Å². The zero-order chi connectivity index (χ0) is 14.0. The Morgan fingerprint density at radius 3 is 2.89 bits per heavy atom. The van der Waals surface area contributed by atoms with Gasteiger partial charge in [-0.3, -0.25) is 4.79 Å². The van der Waals surface area contributed by atoms with Crippen molar-refractivity contribution in [2.24, 2.45) is 5.41 Å². The predicted octanol–water partition coefficient (Wildman–Crippen LogP) is 4.31. The number of rotatable bonds is 3. The van der Waals surface area contributed by atoms with Gasteiger partial charge in [-0.1, -0.05) is 13.3 Å². The predicted molar refractivity (Wildman–Crippen MR) is 83.1 cm³/mol. The average Bonchev–Trinajstić information content (AvgIpc) is 2.48. The van der Waals surface area contributed by atoms with Crippen LogP contribution in [0.3, 0.4) is 0 Å². The molecule has 1 aliphatic heterocycles. The van der Waals surface area contributed by atoms with Crippen LogP contribution in [-0.2, 0) is 4.79 Å². The molecule has 1 heterocycles. The van der Waals surface area contributed by atoms with Crippen molar-refractivity contribution >= 4 is 39.3 Å². The van der Waals surface area contributed by atoms with Crippen LogP contribution in [0.15, 0.2) is 21.5 Å². The minimum Gasteiger partial charge on any atom is -0.496 e. The first kappa shape index (κ1) is 14.7. The van der Waals surface area contributed by atoms with Gasteiger partial charge in [-0.05, 0) is 41.4 Å². The van der Waals surface area contributed by atoms with Crippen LogP contribution in [0.2, 0.25) is 0 Å². The van der Waals surface area contributed by atoms with Crippen molar-refractivity contribution in [3.8, 4) is 5.75 Å². The zero-order valence-electron chi connectivity index (χ0n) is 11.4. The van der Waals surface area contributed by atoms with Crippen LogP contribution in [0.1, 0.15) is 26.7 Å². The minimum atomic E-state index is -0.307. The molecule has 0 bridgehead atoms. The van der Waals surface area contributed by atoms with Gasteiger partial charge in [0.05, 0.1) is 22.7 Å². The molecule has 1 amide bonds. The van der Waals surface area contributed by atoms with E-state index in [1.54, 1.807) is 18.9 Å². The fourth-order valence-electron chi connectivity index (χ4n) is 2.22. The second-order valence-electron chi connectivity index (χ2n) is 5.04. The number of carbonyl (C=O) groups is 1. The number of amides is 1. The van der Waals surface area contributed by atoms with Gasteiger partial charge in [-0.15, -0.1) is 11.8 Å². The molecule has 0 spiro atoms. The quantitative estimate of drug-likeness (QED) is 0.888. The van der Waals surface area contributed by atoms with Crippen molar-refractivity contribution in [2.45, 2.75) is 31.6 Å². The third-order valence-electron chi connectivity index (χ3n) is 3.40. The Labute approximate surface area is 126 Å². The van der Waals surface area contributed by atoms with Gasteiger partial charge in [0.2, 0.25) is 5.91 Å². The number of benzene rings is 1. The third kappa shape index (κ3) is 2.92. The largest absolute Gasteiger partial charge is 0.496 e. The van der Waals surface area contributed by atoms with Crippen LogP contribution in [0.4, 0.5) is 5.69 Å². The molecule has 0 fully saturated rings. The van der Waals surface area contributed by atoms with Crippen molar-refractivity contribution in [3.63, 3.8) is 0 Å². The maximum atomic E-state index is 12.4. The number of fused-ring (bicyclic) bond motifs is 1. The van der Waals surface area contributed by atoms with Crippen molar-refractivity contribution in [1.82, 2.24) is 0 Å². The van der Waals surface area contributed by atoms with Crippen molar-refractivity contribution in [1.29, 1.82) is 0 Å². The summed E-state index contributed by atoms with van der Waals surface area (Å²) in [5, 5.41) is 3.04. The highest BCUT2D eigenvalue weighted by atomic mass is 79.9. The van der Waals surface area contributed by atoms with Gasteiger partial charge in [-0.2, -0.15) is 0 Å². The molecule has 0 aromatic heterocycles. The highest BCUT2D eigenvalue weighted by Crippen LogP contribution is 2.43. The lowest BCUT2D eigenvalue weighted by Gasteiger charge is -2.24. The molecular weight excluding hydrogens is 326 g/mol. The van der Waals surface area contributed by atoms with Crippen LogP contribution < -0.4 is 10.1 Å². The number of hydrogen-bond donors (Lipinski definition) is 1. The number of methoxy groups -OCH3 is 1. The molecule has 1 aromatic rings. The number of nitrogens with one attached hydrogen (secondary N) is 1. The lowest BCUT2D eigenvalue weighted by Crippen LogP contribution is -2.34. The molecule has 1 N–H and O–H groups in total. The summed E-state index contributed by atoms with van der Waals surface area (Å²) in [5.41, 5.74) is 0.556. The average molecular weight is 344 g/mol. The minimum absolute atomic E-state index is 0.109. The normalized spacial score (nSPS) is 22.4. The molecule has 19 heavy (non-hydrogen) atoms. The van der Waals surface area contributed by atoms with E-state index in [9.17, 15) is 4.79 Å². The molecule has 0 radical (unpaired) electrons. The van der Waals surface area contributed by atoms with E-state index < -0.39 is 0 Å². The number of ether oxygens (including phenoxy) is 1. The summed E-state index contributed by atoms with van der Waals surface area (Å²) < 4.78 is 6.16. The smallest absolute Gasteiger partial charge is 0.231 e. The summed E-state index contributed by atoms with van der Waals surface area (Å²) in [4.78, 5) is 13.4. The Bertz CT molecular complexity index is 506. The Morgan fingerprint density at radius 2 is 2.26 bits per heavy atom. The summed E-state index contributed by atoms with van der Waals surface area (Å²) >= 11 is 5.17. The summed E-state index contributed by atoms with van der Waals surface area (Å²) in [6.07, 6.45) is 1.91. The van der Waals surface area contributed by atoms with E-state index in [4.69, 9.17) is 4.74 Å². The van der Waals surface area contributed by atoms with Gasteiger partial charge in [0, 0.05) is 10.6 Å². The Kier molecular flexibility index (Phi) is 4.46. The van der Waals surface area contributed by atoms with Crippen molar-refractivity contribution in [3.05, 3.63) is 16.6 Å². The zero-order valence-corrected chi connectivity index (χ0v) is 13.8. The summed E-state index contributed by atoms with van der Waals surface area (Å²) in [6, 6.07) is 3.89. The monoisotopic (exact) mass is 343 g/mol. The molecule has 1 unspecified atom stereocenters. The van der Waals surface area contributed by atoms with Gasteiger partial charge in [0.25, 0.3) is 0 Å². The van der Waals surface area contributed by atoms with E-state index in [-0.39, 0.29) is 11.3 Å². The molecule has 2 rings (SSSR count). The summed E-state index contributed by atoms with van der Waals surface area (Å²) in [7, 11) is 1.65. The van der Waals surface area contributed by atoms with Crippen molar-refractivity contribution < 1.29 is 9.53 Å². The van der Waals surface area contributed by atoms with Crippen LogP contribution in [0, 0.1) is 5.41 Å². The lowest BCUT2D eigenvalue weighted by atomic mass is 9.86. The maximum absolute atomic E-state index is 12.4. The first-order chi connectivity index (χ1) is 9.00. The highest BCUT2D eigenvalue weighted by Gasteiger charge is 2.35. The van der Waals surface area contributed by atoms with Gasteiger partial charge < -0.3 is 10.1 Å². The highest BCUT2D eigenvalue weighted by molar-refractivity contribution is 9.10.